The lowest BCUT2D eigenvalue weighted by molar-refractivity contribution is -0.137. The minimum atomic E-state index is -1.06. The number of rotatable bonds is 4. The molecule has 0 fully saturated rings. The van der Waals surface area contributed by atoms with Crippen LogP contribution in [0.4, 0.5) is 10.1 Å². The van der Waals surface area contributed by atoms with E-state index in [0.717, 1.165) is 11.1 Å². The maximum absolute atomic E-state index is 12.9. The summed E-state index contributed by atoms with van der Waals surface area (Å²) < 4.78 is 12.9. The van der Waals surface area contributed by atoms with Crippen LogP contribution in [0, 0.1) is 19.7 Å². The molecule has 25 heavy (non-hydrogen) atoms. The molecule has 0 saturated heterocycles. The molecule has 0 radical (unpaired) electrons. The molecule has 0 aromatic heterocycles. The SMILES string of the molecule is Cc1ccc(NC(=O)C(=O)NC(C)C(O)c2ccc(F)cc2)cc1C. The summed E-state index contributed by atoms with van der Waals surface area (Å²) in [6, 6.07) is 9.92. The number of carbonyl (C=O) groups is 2. The lowest BCUT2D eigenvalue weighted by atomic mass is 10.0. The van der Waals surface area contributed by atoms with Gasteiger partial charge in [-0.1, -0.05) is 18.2 Å². The fourth-order valence-corrected chi connectivity index (χ4v) is 2.31. The number of nitrogens with one attached hydrogen (secondary N) is 2. The number of carbonyl (C=O) groups excluding carboxylic acids is 2. The highest BCUT2D eigenvalue weighted by Crippen LogP contribution is 2.17. The van der Waals surface area contributed by atoms with Gasteiger partial charge in [-0.05, 0) is 61.7 Å². The fourth-order valence-electron chi connectivity index (χ4n) is 2.31. The second-order valence-corrected chi connectivity index (χ2v) is 6.01. The predicted molar refractivity (Wildman–Crippen MR) is 93.5 cm³/mol. The van der Waals surface area contributed by atoms with Crippen LogP contribution in [0.1, 0.15) is 29.7 Å². The number of amides is 2. The van der Waals surface area contributed by atoms with Crippen molar-refractivity contribution in [3.05, 3.63) is 65.0 Å². The summed E-state index contributed by atoms with van der Waals surface area (Å²) in [5.74, 6) is -2.09. The molecule has 0 heterocycles. The van der Waals surface area contributed by atoms with Crippen LogP contribution >= 0.6 is 0 Å². The lowest BCUT2D eigenvalue weighted by Crippen LogP contribution is -2.43. The molecule has 0 aliphatic rings. The van der Waals surface area contributed by atoms with Crippen molar-refractivity contribution in [2.75, 3.05) is 5.32 Å². The maximum atomic E-state index is 12.9. The van der Waals surface area contributed by atoms with Crippen molar-refractivity contribution >= 4 is 17.5 Å². The summed E-state index contributed by atoms with van der Waals surface area (Å²) in [5.41, 5.74) is 3.05. The standard InChI is InChI=1S/C19H21FN2O3/c1-11-4-9-16(10-12(11)2)22-19(25)18(24)21-13(3)17(23)14-5-7-15(20)8-6-14/h4-10,13,17,23H,1-3H3,(H,21,24)(H,22,25). The van der Waals surface area contributed by atoms with E-state index in [-0.39, 0.29) is 0 Å². The van der Waals surface area contributed by atoms with Crippen LogP contribution in [-0.4, -0.2) is 23.0 Å². The van der Waals surface area contributed by atoms with Crippen molar-refractivity contribution in [1.82, 2.24) is 5.32 Å². The van der Waals surface area contributed by atoms with Gasteiger partial charge in [-0.15, -0.1) is 0 Å². The van der Waals surface area contributed by atoms with E-state index < -0.39 is 29.8 Å². The number of benzene rings is 2. The highest BCUT2D eigenvalue weighted by Gasteiger charge is 2.22. The average molecular weight is 344 g/mol. The lowest BCUT2D eigenvalue weighted by Gasteiger charge is -2.20. The minimum absolute atomic E-state index is 0.416. The molecule has 0 saturated carbocycles. The van der Waals surface area contributed by atoms with Crippen LogP contribution in [0.5, 0.6) is 0 Å². The summed E-state index contributed by atoms with van der Waals surface area (Å²) in [6.45, 7) is 5.42. The number of hydrogen-bond acceptors (Lipinski definition) is 3. The van der Waals surface area contributed by atoms with Crippen LogP contribution in [0.25, 0.3) is 0 Å². The van der Waals surface area contributed by atoms with Gasteiger partial charge in [0.25, 0.3) is 0 Å². The molecule has 6 heteroatoms. The number of aliphatic hydroxyl groups is 1. The molecule has 132 valence electrons. The Hall–Kier alpha value is -2.73. The van der Waals surface area contributed by atoms with E-state index in [2.05, 4.69) is 10.6 Å². The summed E-state index contributed by atoms with van der Waals surface area (Å²) in [4.78, 5) is 24.0. The molecule has 0 aliphatic heterocycles. The number of anilines is 1. The van der Waals surface area contributed by atoms with Gasteiger partial charge in [0, 0.05) is 5.69 Å². The number of hydrogen-bond donors (Lipinski definition) is 3. The Morgan fingerprint density at radius 2 is 1.64 bits per heavy atom. The zero-order valence-electron chi connectivity index (χ0n) is 14.3. The zero-order valence-corrected chi connectivity index (χ0v) is 14.3. The van der Waals surface area contributed by atoms with Crippen LogP contribution in [-0.2, 0) is 9.59 Å². The maximum Gasteiger partial charge on any atom is 0.313 e. The Balaban J connectivity index is 1.96. The zero-order chi connectivity index (χ0) is 18.6. The van der Waals surface area contributed by atoms with Gasteiger partial charge in [-0.25, -0.2) is 4.39 Å². The van der Waals surface area contributed by atoms with Crippen molar-refractivity contribution in [2.24, 2.45) is 0 Å². The van der Waals surface area contributed by atoms with Gasteiger partial charge in [0.15, 0.2) is 0 Å². The normalized spacial score (nSPS) is 13.0. The third-order valence-electron chi connectivity index (χ3n) is 4.01. The topological polar surface area (TPSA) is 78.4 Å². The van der Waals surface area contributed by atoms with E-state index in [9.17, 15) is 19.1 Å². The molecule has 2 aromatic carbocycles. The summed E-state index contributed by atoms with van der Waals surface area (Å²) in [7, 11) is 0. The first kappa shape index (κ1) is 18.6. The first-order chi connectivity index (χ1) is 11.8. The molecule has 2 rings (SSSR count). The fraction of sp³-hybridized carbons (Fsp3) is 0.263. The third-order valence-corrected chi connectivity index (χ3v) is 4.01. The first-order valence-corrected chi connectivity index (χ1v) is 7.90. The van der Waals surface area contributed by atoms with Crippen LogP contribution in [0.15, 0.2) is 42.5 Å². The predicted octanol–water partition coefficient (Wildman–Crippen LogP) is 2.62. The highest BCUT2D eigenvalue weighted by molar-refractivity contribution is 6.39. The first-order valence-electron chi connectivity index (χ1n) is 7.90. The molecule has 2 atom stereocenters. The Morgan fingerprint density at radius 1 is 1.00 bits per heavy atom. The number of aryl methyl sites for hydroxylation is 2. The van der Waals surface area contributed by atoms with Gasteiger partial charge in [-0.3, -0.25) is 9.59 Å². The molecule has 5 nitrogen and oxygen atoms in total. The molecular weight excluding hydrogens is 323 g/mol. The summed E-state index contributed by atoms with van der Waals surface area (Å²) in [5, 5.41) is 15.2. The number of aliphatic hydroxyl groups excluding tert-OH is 1. The van der Waals surface area contributed by atoms with E-state index >= 15 is 0 Å². The van der Waals surface area contributed by atoms with Crippen molar-refractivity contribution in [3.63, 3.8) is 0 Å². The van der Waals surface area contributed by atoms with E-state index in [0.29, 0.717) is 11.3 Å². The van der Waals surface area contributed by atoms with Gasteiger partial charge < -0.3 is 15.7 Å². The summed E-state index contributed by atoms with van der Waals surface area (Å²) >= 11 is 0. The molecule has 2 aromatic rings. The molecule has 0 aliphatic carbocycles. The Kier molecular flexibility index (Phi) is 5.88. The van der Waals surface area contributed by atoms with Gasteiger partial charge in [0.05, 0.1) is 12.1 Å². The van der Waals surface area contributed by atoms with E-state index in [1.54, 1.807) is 19.1 Å². The number of halogens is 1. The van der Waals surface area contributed by atoms with Crippen LogP contribution in [0.2, 0.25) is 0 Å². The third kappa shape index (κ3) is 4.87. The Labute approximate surface area is 145 Å². The van der Waals surface area contributed by atoms with Gasteiger partial charge >= 0.3 is 11.8 Å². The highest BCUT2D eigenvalue weighted by atomic mass is 19.1. The molecule has 2 amide bonds. The summed E-state index contributed by atoms with van der Waals surface area (Å²) in [6.07, 6.45) is -1.06. The van der Waals surface area contributed by atoms with E-state index in [1.807, 2.05) is 19.9 Å². The Morgan fingerprint density at radius 3 is 2.24 bits per heavy atom. The van der Waals surface area contributed by atoms with Crippen LogP contribution < -0.4 is 10.6 Å². The van der Waals surface area contributed by atoms with E-state index in [4.69, 9.17) is 0 Å². The van der Waals surface area contributed by atoms with E-state index in [1.165, 1.54) is 24.3 Å². The largest absolute Gasteiger partial charge is 0.386 e. The molecule has 0 spiro atoms. The van der Waals surface area contributed by atoms with Crippen molar-refractivity contribution in [2.45, 2.75) is 32.9 Å². The van der Waals surface area contributed by atoms with Crippen molar-refractivity contribution in [3.8, 4) is 0 Å². The van der Waals surface area contributed by atoms with Crippen molar-refractivity contribution in [1.29, 1.82) is 0 Å². The van der Waals surface area contributed by atoms with Crippen LogP contribution in [0.3, 0.4) is 0 Å². The van der Waals surface area contributed by atoms with Gasteiger partial charge in [0.2, 0.25) is 0 Å². The monoisotopic (exact) mass is 344 g/mol. The molecule has 2 unspecified atom stereocenters. The van der Waals surface area contributed by atoms with Gasteiger partial charge in [0.1, 0.15) is 5.82 Å². The molecule has 3 N–H and O–H groups in total. The quantitative estimate of drug-likeness (QED) is 0.746. The second kappa shape index (κ2) is 7.90. The minimum Gasteiger partial charge on any atom is -0.386 e. The van der Waals surface area contributed by atoms with Gasteiger partial charge in [-0.2, -0.15) is 0 Å². The Bertz CT molecular complexity index is 775. The second-order valence-electron chi connectivity index (χ2n) is 6.01. The smallest absolute Gasteiger partial charge is 0.313 e. The van der Waals surface area contributed by atoms with Crippen molar-refractivity contribution < 1.29 is 19.1 Å². The molecular formula is C19H21FN2O3. The molecule has 0 bridgehead atoms. The average Bonchev–Trinajstić information content (AvgIpc) is 2.58.